The summed E-state index contributed by atoms with van der Waals surface area (Å²) in [7, 11) is 0. The molecule has 3 N–H and O–H groups in total. The van der Waals surface area contributed by atoms with Crippen LogP contribution in [-0.4, -0.2) is 16.7 Å². The number of carbonyl (C=O) groups excluding carboxylic acids is 1. The minimum atomic E-state index is -0.901. The van der Waals surface area contributed by atoms with Crippen molar-refractivity contribution in [1.82, 2.24) is 4.98 Å². The number of benzene rings is 1. The van der Waals surface area contributed by atoms with E-state index in [2.05, 4.69) is 15.3 Å². The average Bonchev–Trinajstić information content (AvgIpc) is 3.44. The lowest BCUT2D eigenvalue weighted by molar-refractivity contribution is -0.120. The molecule has 2 aromatic rings. The Kier molecular flexibility index (Phi) is 4.76. The number of aromatic nitrogens is 1. The van der Waals surface area contributed by atoms with Crippen LogP contribution >= 0.6 is 0 Å². The second-order valence-corrected chi connectivity index (χ2v) is 5.96. The number of nitriles is 1. The monoisotopic (exact) mass is 349 g/mol. The average molecular weight is 349 g/mol. The van der Waals surface area contributed by atoms with Crippen LogP contribution < -0.4 is 11.1 Å². The third-order valence-electron chi connectivity index (χ3n) is 4.15. The number of halogens is 1. The number of nitrogens with one attached hydrogen (secondary N) is 1. The molecule has 0 atom stereocenters. The van der Waals surface area contributed by atoms with Gasteiger partial charge >= 0.3 is 0 Å². The molecular weight excluding hydrogens is 333 g/mol. The number of amides is 1. The van der Waals surface area contributed by atoms with Crippen molar-refractivity contribution in [2.45, 2.75) is 18.3 Å². The third kappa shape index (κ3) is 3.59. The molecule has 0 bridgehead atoms. The molecule has 1 aliphatic rings. The van der Waals surface area contributed by atoms with Crippen molar-refractivity contribution >= 4 is 17.4 Å². The predicted molar refractivity (Wildman–Crippen MR) is 95.7 cm³/mol. The highest BCUT2D eigenvalue weighted by molar-refractivity contribution is 6.04. The van der Waals surface area contributed by atoms with E-state index in [9.17, 15) is 9.18 Å². The van der Waals surface area contributed by atoms with Crippen LogP contribution in [0, 0.1) is 17.1 Å². The maximum atomic E-state index is 14.0. The van der Waals surface area contributed by atoms with Gasteiger partial charge in [0.2, 0.25) is 0 Å². The summed E-state index contributed by atoms with van der Waals surface area (Å²) in [5.74, 6) is -0.846. The van der Waals surface area contributed by atoms with Crippen LogP contribution in [0.2, 0.25) is 0 Å². The van der Waals surface area contributed by atoms with Gasteiger partial charge in [-0.3, -0.25) is 9.78 Å². The van der Waals surface area contributed by atoms with E-state index >= 15 is 0 Å². The van der Waals surface area contributed by atoms with E-state index in [1.54, 1.807) is 30.5 Å². The predicted octanol–water partition coefficient (Wildman–Crippen LogP) is 2.63. The second kappa shape index (κ2) is 7.15. The molecular formula is C19H16FN5O. The van der Waals surface area contributed by atoms with Crippen molar-refractivity contribution in [3.8, 4) is 6.07 Å². The van der Waals surface area contributed by atoms with E-state index in [0.29, 0.717) is 29.7 Å². The normalized spacial score (nSPS) is 15.5. The first kappa shape index (κ1) is 17.3. The molecule has 0 aliphatic heterocycles. The number of nitrogens with two attached hydrogens (primary N) is 1. The molecule has 1 amide bonds. The molecule has 0 saturated heterocycles. The number of hydrogen-bond donors (Lipinski definition) is 2. The molecule has 0 unspecified atom stereocenters. The lowest BCUT2D eigenvalue weighted by Gasteiger charge is -2.12. The van der Waals surface area contributed by atoms with Crippen LogP contribution in [0.5, 0.6) is 0 Å². The number of pyridine rings is 1. The lowest BCUT2D eigenvalue weighted by Crippen LogP contribution is -2.23. The molecule has 1 saturated carbocycles. The van der Waals surface area contributed by atoms with Gasteiger partial charge in [-0.25, -0.2) is 4.39 Å². The Morgan fingerprint density at radius 2 is 2.15 bits per heavy atom. The van der Waals surface area contributed by atoms with Crippen molar-refractivity contribution in [3.05, 3.63) is 71.9 Å². The maximum absolute atomic E-state index is 14.0. The van der Waals surface area contributed by atoms with E-state index in [1.165, 1.54) is 24.5 Å². The fourth-order valence-corrected chi connectivity index (χ4v) is 2.64. The molecule has 3 rings (SSSR count). The zero-order valence-corrected chi connectivity index (χ0v) is 13.8. The first-order valence-electron chi connectivity index (χ1n) is 7.97. The summed E-state index contributed by atoms with van der Waals surface area (Å²) in [6.07, 6.45) is 7.01. The Morgan fingerprint density at radius 1 is 1.38 bits per heavy atom. The summed E-state index contributed by atoms with van der Waals surface area (Å²) in [5.41, 5.74) is 6.26. The highest BCUT2D eigenvalue weighted by atomic mass is 19.1. The van der Waals surface area contributed by atoms with Gasteiger partial charge in [-0.15, -0.1) is 0 Å². The highest BCUT2D eigenvalue weighted by Gasteiger charge is 2.52. The summed E-state index contributed by atoms with van der Waals surface area (Å²) in [6, 6.07) is 9.84. The third-order valence-corrected chi connectivity index (χ3v) is 4.15. The maximum Gasteiger partial charge on any atom is 0.258 e. The lowest BCUT2D eigenvalue weighted by atomic mass is 9.94. The number of anilines is 1. The Hall–Kier alpha value is -3.53. The first-order valence-corrected chi connectivity index (χ1v) is 7.97. The van der Waals surface area contributed by atoms with Gasteiger partial charge in [-0.2, -0.15) is 10.3 Å². The van der Waals surface area contributed by atoms with Crippen LogP contribution in [0.4, 0.5) is 10.1 Å². The summed E-state index contributed by atoms with van der Waals surface area (Å²) >= 11 is 0. The summed E-state index contributed by atoms with van der Waals surface area (Å²) < 4.78 is 14.0. The highest BCUT2D eigenvalue weighted by Crippen LogP contribution is 2.50. The molecule has 0 radical (unpaired) electrons. The zero-order chi connectivity index (χ0) is 18.6. The largest absolute Gasteiger partial charge is 0.384 e. The molecule has 6 nitrogen and oxygen atoms in total. The smallest absolute Gasteiger partial charge is 0.258 e. The molecule has 1 aliphatic carbocycles. The zero-order valence-electron chi connectivity index (χ0n) is 13.8. The van der Waals surface area contributed by atoms with Crippen LogP contribution in [0.1, 0.15) is 24.0 Å². The van der Waals surface area contributed by atoms with Crippen molar-refractivity contribution in [2.24, 2.45) is 10.7 Å². The fourth-order valence-electron chi connectivity index (χ4n) is 2.64. The van der Waals surface area contributed by atoms with Crippen molar-refractivity contribution in [1.29, 1.82) is 5.26 Å². The van der Waals surface area contributed by atoms with Crippen LogP contribution in [0.3, 0.4) is 0 Å². The number of rotatable bonds is 5. The second-order valence-electron chi connectivity index (χ2n) is 5.96. The van der Waals surface area contributed by atoms with Gasteiger partial charge in [0.25, 0.3) is 5.91 Å². The molecule has 1 aromatic carbocycles. The molecule has 1 aromatic heterocycles. The fraction of sp³-hybridized carbons (Fsp3) is 0.158. The van der Waals surface area contributed by atoms with Crippen LogP contribution in [0.15, 0.2) is 60.0 Å². The van der Waals surface area contributed by atoms with Crippen molar-refractivity contribution in [3.63, 3.8) is 0 Å². The summed E-state index contributed by atoms with van der Waals surface area (Å²) in [4.78, 5) is 20.3. The Balaban J connectivity index is 1.69. The quantitative estimate of drug-likeness (QED) is 0.638. The number of aliphatic imine (C=N–C) groups is 1. The number of amidine groups is 1. The van der Waals surface area contributed by atoms with Crippen LogP contribution in [-0.2, 0) is 10.2 Å². The van der Waals surface area contributed by atoms with E-state index in [1.807, 2.05) is 6.07 Å². The number of hydrogen-bond acceptors (Lipinski definition) is 4. The van der Waals surface area contributed by atoms with Gasteiger partial charge < -0.3 is 11.1 Å². The SMILES string of the molecule is N#Cc1cncc(N/C=C\C(N)=NC(=O)C2(c3ccccc3F)CC2)c1. The van der Waals surface area contributed by atoms with Gasteiger partial charge in [-0.1, -0.05) is 18.2 Å². The Bertz CT molecular complexity index is 941. The van der Waals surface area contributed by atoms with E-state index in [-0.39, 0.29) is 5.84 Å². The van der Waals surface area contributed by atoms with E-state index < -0.39 is 17.1 Å². The molecule has 1 heterocycles. The minimum Gasteiger partial charge on any atom is -0.384 e. The molecule has 0 spiro atoms. The van der Waals surface area contributed by atoms with Gasteiger partial charge in [0.1, 0.15) is 17.7 Å². The van der Waals surface area contributed by atoms with Gasteiger partial charge in [0.05, 0.1) is 22.9 Å². The molecule has 1 fully saturated rings. The van der Waals surface area contributed by atoms with Crippen LogP contribution in [0.25, 0.3) is 0 Å². The Labute approximate surface area is 149 Å². The number of carbonyl (C=O) groups is 1. The number of nitrogens with zero attached hydrogens (tertiary/aromatic N) is 3. The standard InChI is InChI=1S/C19H16FN5O/c20-16-4-2-1-3-15(16)19(6-7-19)18(26)25-17(22)5-8-24-14-9-13(10-21)11-23-12-14/h1-5,8-9,11-12,24H,6-7H2,(H2,22,25,26)/b8-5-. The molecule has 130 valence electrons. The summed E-state index contributed by atoms with van der Waals surface area (Å²) in [5, 5.41) is 11.7. The first-order chi connectivity index (χ1) is 12.5. The van der Waals surface area contributed by atoms with Gasteiger partial charge in [-0.05, 0) is 31.1 Å². The minimum absolute atomic E-state index is 0.00881. The van der Waals surface area contributed by atoms with E-state index in [0.717, 1.165) is 0 Å². The summed E-state index contributed by atoms with van der Waals surface area (Å²) in [6.45, 7) is 0. The van der Waals surface area contributed by atoms with E-state index in [4.69, 9.17) is 11.0 Å². The topological polar surface area (TPSA) is 104 Å². The molecule has 7 heteroatoms. The van der Waals surface area contributed by atoms with Gasteiger partial charge in [0.15, 0.2) is 0 Å². The Morgan fingerprint density at radius 3 is 2.85 bits per heavy atom. The van der Waals surface area contributed by atoms with Gasteiger partial charge in [0, 0.05) is 18.0 Å². The van der Waals surface area contributed by atoms with Crippen molar-refractivity contribution in [2.75, 3.05) is 5.32 Å². The molecule has 26 heavy (non-hydrogen) atoms. The van der Waals surface area contributed by atoms with Crippen molar-refractivity contribution < 1.29 is 9.18 Å².